The van der Waals surface area contributed by atoms with E-state index in [9.17, 15) is 4.79 Å². The monoisotopic (exact) mass is 254 g/mol. The second-order valence-corrected chi connectivity index (χ2v) is 4.20. The molecular formula is C15H14N2O2. The van der Waals surface area contributed by atoms with Crippen LogP contribution < -0.4 is 10.5 Å². The largest absolute Gasteiger partial charge is 0.423 e. The van der Waals surface area contributed by atoms with Gasteiger partial charge in [-0.1, -0.05) is 24.3 Å². The summed E-state index contributed by atoms with van der Waals surface area (Å²) in [6, 6.07) is 13.7. The van der Waals surface area contributed by atoms with Gasteiger partial charge in [0.25, 0.3) is 0 Å². The second kappa shape index (κ2) is 5.35. The molecule has 3 N–H and O–H groups in total. The van der Waals surface area contributed by atoms with E-state index in [0.717, 1.165) is 5.56 Å². The summed E-state index contributed by atoms with van der Waals surface area (Å²) in [6.07, 6.45) is 0. The molecule has 0 aromatic heterocycles. The number of benzene rings is 2. The van der Waals surface area contributed by atoms with Crippen LogP contribution >= 0.6 is 0 Å². The number of hydrogen-bond acceptors (Lipinski definition) is 3. The summed E-state index contributed by atoms with van der Waals surface area (Å²) in [5.41, 5.74) is 7.37. The minimum Gasteiger partial charge on any atom is -0.423 e. The number of esters is 1. The van der Waals surface area contributed by atoms with Gasteiger partial charge in [-0.3, -0.25) is 5.41 Å². The molecule has 0 saturated carbocycles. The standard InChI is InChI=1S/C15H14N2O2/c1-10-3-2-4-13(9-10)19-15(18)12-7-5-11(6-8-12)14(16)17/h2-9H,1H3,(H3,16,17). The first kappa shape index (κ1) is 12.8. The molecule has 96 valence electrons. The van der Waals surface area contributed by atoms with Crippen molar-refractivity contribution in [3.63, 3.8) is 0 Å². The van der Waals surface area contributed by atoms with Crippen LogP contribution in [0.4, 0.5) is 0 Å². The van der Waals surface area contributed by atoms with Gasteiger partial charge in [0.2, 0.25) is 0 Å². The van der Waals surface area contributed by atoms with Crippen molar-refractivity contribution in [2.75, 3.05) is 0 Å². The van der Waals surface area contributed by atoms with Crippen molar-refractivity contribution in [2.24, 2.45) is 5.73 Å². The van der Waals surface area contributed by atoms with Crippen molar-refractivity contribution in [2.45, 2.75) is 6.92 Å². The molecule has 4 nitrogen and oxygen atoms in total. The van der Waals surface area contributed by atoms with Crippen molar-refractivity contribution < 1.29 is 9.53 Å². The zero-order valence-corrected chi connectivity index (χ0v) is 10.5. The number of aryl methyl sites for hydroxylation is 1. The van der Waals surface area contributed by atoms with Gasteiger partial charge in [0, 0.05) is 5.56 Å². The Kier molecular flexibility index (Phi) is 3.61. The van der Waals surface area contributed by atoms with Crippen LogP contribution in [0.15, 0.2) is 48.5 Å². The van der Waals surface area contributed by atoms with Crippen LogP contribution in [0.25, 0.3) is 0 Å². The zero-order valence-electron chi connectivity index (χ0n) is 10.5. The molecule has 0 spiro atoms. The van der Waals surface area contributed by atoms with Crippen LogP contribution in [-0.2, 0) is 0 Å². The van der Waals surface area contributed by atoms with E-state index in [1.54, 1.807) is 36.4 Å². The van der Waals surface area contributed by atoms with Crippen molar-refractivity contribution >= 4 is 11.8 Å². The van der Waals surface area contributed by atoms with Crippen LogP contribution in [0, 0.1) is 12.3 Å². The van der Waals surface area contributed by atoms with E-state index in [2.05, 4.69) is 0 Å². The predicted octanol–water partition coefficient (Wildman–Crippen LogP) is 2.50. The highest BCUT2D eigenvalue weighted by atomic mass is 16.5. The molecule has 4 heteroatoms. The minimum atomic E-state index is -0.430. The number of carbonyl (C=O) groups is 1. The molecule has 2 aromatic carbocycles. The Balaban J connectivity index is 2.14. The van der Waals surface area contributed by atoms with E-state index in [4.69, 9.17) is 15.9 Å². The fourth-order valence-electron chi connectivity index (χ4n) is 1.63. The number of nitrogen functional groups attached to an aromatic ring is 1. The number of nitrogens with two attached hydrogens (primary N) is 1. The third-order valence-electron chi connectivity index (χ3n) is 2.63. The average Bonchev–Trinajstić information content (AvgIpc) is 2.39. The summed E-state index contributed by atoms with van der Waals surface area (Å²) in [6.45, 7) is 1.93. The Labute approximate surface area is 111 Å². The summed E-state index contributed by atoms with van der Waals surface area (Å²) in [4.78, 5) is 11.9. The first-order valence-electron chi connectivity index (χ1n) is 5.79. The maximum absolute atomic E-state index is 11.9. The Bertz CT molecular complexity index is 618. The summed E-state index contributed by atoms with van der Waals surface area (Å²) in [5.74, 6) is 0.0555. The number of carbonyl (C=O) groups excluding carboxylic acids is 1. The fourth-order valence-corrected chi connectivity index (χ4v) is 1.63. The van der Waals surface area contributed by atoms with E-state index >= 15 is 0 Å². The maximum atomic E-state index is 11.9. The van der Waals surface area contributed by atoms with E-state index in [1.807, 2.05) is 19.1 Å². The summed E-state index contributed by atoms with van der Waals surface area (Å²) >= 11 is 0. The minimum absolute atomic E-state index is 0.0291. The maximum Gasteiger partial charge on any atom is 0.343 e. The van der Waals surface area contributed by atoms with Crippen molar-refractivity contribution in [1.82, 2.24) is 0 Å². The zero-order chi connectivity index (χ0) is 13.8. The molecule has 0 saturated heterocycles. The van der Waals surface area contributed by atoms with Gasteiger partial charge in [-0.25, -0.2) is 4.79 Å². The van der Waals surface area contributed by atoms with Crippen LogP contribution in [-0.4, -0.2) is 11.8 Å². The van der Waals surface area contributed by atoms with Crippen LogP contribution in [0.1, 0.15) is 21.5 Å². The quantitative estimate of drug-likeness (QED) is 0.382. The first-order chi connectivity index (χ1) is 9.06. The van der Waals surface area contributed by atoms with Gasteiger partial charge in [0.1, 0.15) is 11.6 Å². The van der Waals surface area contributed by atoms with E-state index in [0.29, 0.717) is 16.9 Å². The first-order valence-corrected chi connectivity index (χ1v) is 5.79. The molecule has 0 radical (unpaired) electrons. The molecule has 0 bridgehead atoms. The smallest absolute Gasteiger partial charge is 0.343 e. The van der Waals surface area contributed by atoms with Gasteiger partial charge in [-0.15, -0.1) is 0 Å². The highest BCUT2D eigenvalue weighted by Gasteiger charge is 2.08. The lowest BCUT2D eigenvalue weighted by Gasteiger charge is -2.05. The summed E-state index contributed by atoms with van der Waals surface area (Å²) < 4.78 is 5.26. The van der Waals surface area contributed by atoms with Gasteiger partial charge >= 0.3 is 5.97 Å². The summed E-state index contributed by atoms with van der Waals surface area (Å²) in [7, 11) is 0. The number of nitrogens with one attached hydrogen (secondary N) is 1. The highest BCUT2D eigenvalue weighted by Crippen LogP contribution is 2.15. The lowest BCUT2D eigenvalue weighted by atomic mass is 10.1. The summed E-state index contributed by atoms with van der Waals surface area (Å²) in [5, 5.41) is 7.28. The Morgan fingerprint density at radius 1 is 1.11 bits per heavy atom. The number of rotatable bonds is 3. The molecule has 2 rings (SSSR count). The van der Waals surface area contributed by atoms with E-state index in [1.165, 1.54) is 0 Å². The molecule has 0 aliphatic rings. The molecule has 0 atom stereocenters. The molecule has 0 heterocycles. The van der Waals surface area contributed by atoms with Gasteiger partial charge in [-0.2, -0.15) is 0 Å². The highest BCUT2D eigenvalue weighted by molar-refractivity contribution is 5.97. The SMILES string of the molecule is Cc1cccc(OC(=O)c2ccc(C(=N)N)cc2)c1. The number of hydrogen-bond donors (Lipinski definition) is 2. The Hall–Kier alpha value is -2.62. The molecule has 0 aliphatic carbocycles. The number of amidine groups is 1. The lowest BCUT2D eigenvalue weighted by molar-refractivity contribution is 0.0734. The molecular weight excluding hydrogens is 240 g/mol. The van der Waals surface area contributed by atoms with Crippen LogP contribution in [0.2, 0.25) is 0 Å². The molecule has 0 aliphatic heterocycles. The van der Waals surface area contributed by atoms with Crippen molar-refractivity contribution in [3.05, 3.63) is 65.2 Å². The number of ether oxygens (including phenoxy) is 1. The van der Waals surface area contributed by atoms with Crippen molar-refractivity contribution in [1.29, 1.82) is 5.41 Å². The third-order valence-corrected chi connectivity index (χ3v) is 2.63. The molecule has 0 amide bonds. The van der Waals surface area contributed by atoms with Gasteiger partial charge in [-0.05, 0) is 36.8 Å². The van der Waals surface area contributed by atoms with Crippen LogP contribution in [0.5, 0.6) is 5.75 Å². The van der Waals surface area contributed by atoms with E-state index in [-0.39, 0.29) is 5.84 Å². The van der Waals surface area contributed by atoms with Gasteiger partial charge < -0.3 is 10.5 Å². The second-order valence-electron chi connectivity index (χ2n) is 4.20. The average molecular weight is 254 g/mol. The third kappa shape index (κ3) is 3.19. The Morgan fingerprint density at radius 2 is 1.74 bits per heavy atom. The predicted molar refractivity (Wildman–Crippen MR) is 73.6 cm³/mol. The topological polar surface area (TPSA) is 76.2 Å². The lowest BCUT2D eigenvalue weighted by Crippen LogP contribution is -2.12. The normalized spacial score (nSPS) is 9.95. The fraction of sp³-hybridized carbons (Fsp3) is 0.0667. The van der Waals surface area contributed by atoms with Gasteiger partial charge in [0.15, 0.2) is 0 Å². The molecule has 2 aromatic rings. The molecule has 0 unspecified atom stereocenters. The van der Waals surface area contributed by atoms with Crippen molar-refractivity contribution in [3.8, 4) is 5.75 Å². The van der Waals surface area contributed by atoms with Gasteiger partial charge in [0.05, 0.1) is 5.56 Å². The molecule has 19 heavy (non-hydrogen) atoms. The van der Waals surface area contributed by atoms with E-state index < -0.39 is 5.97 Å². The molecule has 0 fully saturated rings. The Morgan fingerprint density at radius 3 is 2.32 bits per heavy atom. The van der Waals surface area contributed by atoms with Crippen LogP contribution in [0.3, 0.4) is 0 Å².